The molecule has 2 unspecified atom stereocenters. The van der Waals surface area contributed by atoms with Crippen LogP contribution in [-0.2, 0) is 45.8 Å². The Labute approximate surface area is 406 Å². The average Bonchev–Trinajstić information content (AvgIpc) is 3.99. The highest BCUT2D eigenvalue weighted by Gasteiger charge is 2.80. The first-order valence-corrected chi connectivity index (χ1v) is 26.0. The van der Waals surface area contributed by atoms with Gasteiger partial charge >= 0.3 is 17.9 Å². The second kappa shape index (κ2) is 17.6. The van der Waals surface area contributed by atoms with Crippen molar-refractivity contribution in [1.82, 2.24) is 14.8 Å². The number of likely N-dealkylation sites (N-methyl/N-ethyl adjacent to an activating group) is 1. The summed E-state index contributed by atoms with van der Waals surface area (Å²) in [6.45, 7) is 15.5. The summed E-state index contributed by atoms with van der Waals surface area (Å²) in [5, 5.41) is 26.7. The largest absolute Gasteiger partial charge is 0.496 e. The molecule has 1 saturated carbocycles. The first-order valence-electron chi connectivity index (χ1n) is 25.2. The molecule has 68 heavy (non-hydrogen) atoms. The van der Waals surface area contributed by atoms with Gasteiger partial charge in [-0.1, -0.05) is 59.6 Å². The van der Waals surface area contributed by atoms with Crippen LogP contribution in [0, 0.1) is 11.3 Å². The highest BCUT2D eigenvalue weighted by atomic mass is 32.2. The normalized spacial score (nSPS) is 34.6. The number of nitrogens with zero attached hydrogens (tertiary/aromatic N) is 3. The molecule has 2 saturated heterocycles. The zero-order valence-corrected chi connectivity index (χ0v) is 42.8. The average molecular weight is 955 g/mol. The van der Waals surface area contributed by atoms with Gasteiger partial charge in [-0.15, -0.1) is 11.8 Å². The van der Waals surface area contributed by atoms with Gasteiger partial charge in [0.2, 0.25) is 5.60 Å². The Morgan fingerprint density at radius 2 is 1.72 bits per heavy atom. The van der Waals surface area contributed by atoms with Crippen molar-refractivity contribution in [3.63, 3.8) is 0 Å². The number of aromatic amines is 1. The fourth-order valence-corrected chi connectivity index (χ4v) is 16.0. The van der Waals surface area contributed by atoms with E-state index in [2.05, 4.69) is 72.0 Å². The summed E-state index contributed by atoms with van der Waals surface area (Å²) in [5.74, 6) is -1.57. The van der Waals surface area contributed by atoms with Gasteiger partial charge in [-0.2, -0.15) is 0 Å². The Kier molecular flexibility index (Phi) is 12.7. The number of aliphatic hydroxyl groups is 2. The minimum absolute atomic E-state index is 0.0634. The predicted octanol–water partition coefficient (Wildman–Crippen LogP) is 7.44. The van der Waals surface area contributed by atoms with Gasteiger partial charge in [0.15, 0.2) is 6.10 Å². The number of piperidine rings is 1. The molecule has 13 nitrogen and oxygen atoms in total. The van der Waals surface area contributed by atoms with Crippen LogP contribution in [-0.4, -0.2) is 138 Å². The van der Waals surface area contributed by atoms with E-state index in [1.165, 1.54) is 26.0 Å². The molecule has 0 radical (unpaired) electrons. The van der Waals surface area contributed by atoms with Crippen LogP contribution in [0.3, 0.4) is 0 Å². The van der Waals surface area contributed by atoms with Gasteiger partial charge in [0.1, 0.15) is 11.2 Å². The molecule has 1 aromatic heterocycles. The third kappa shape index (κ3) is 7.02. The monoisotopic (exact) mass is 955 g/mol. The van der Waals surface area contributed by atoms with Gasteiger partial charge in [-0.05, 0) is 99.2 Å². The molecular formula is C54H74N4O9S. The Bertz CT molecular complexity index is 2510. The number of thioether (sulfide) groups is 1. The number of fused-ring (bicyclic) bond motifs is 6. The maximum absolute atomic E-state index is 15.7. The number of anilines is 1. The molecule has 2 aromatic carbocycles. The zero-order chi connectivity index (χ0) is 48.8. The van der Waals surface area contributed by atoms with E-state index < -0.39 is 57.5 Å². The summed E-state index contributed by atoms with van der Waals surface area (Å²) < 4.78 is 24.4. The molecule has 1 aliphatic carbocycles. The smallest absolute Gasteiger partial charge is 0.344 e. The van der Waals surface area contributed by atoms with E-state index in [0.717, 1.165) is 59.1 Å². The van der Waals surface area contributed by atoms with Crippen LogP contribution in [0.1, 0.15) is 122 Å². The predicted molar refractivity (Wildman–Crippen MR) is 265 cm³/mol. The van der Waals surface area contributed by atoms with Gasteiger partial charge in [0.25, 0.3) is 0 Å². The van der Waals surface area contributed by atoms with E-state index >= 15 is 4.79 Å². The number of nitrogens with one attached hydrogen (secondary N) is 1. The van der Waals surface area contributed by atoms with Crippen molar-refractivity contribution in [2.45, 2.75) is 156 Å². The lowest BCUT2D eigenvalue weighted by Crippen LogP contribution is -2.81. The van der Waals surface area contributed by atoms with Crippen molar-refractivity contribution in [2.75, 3.05) is 66.0 Å². The number of ether oxygens (including phenoxy) is 4. The highest BCUT2D eigenvalue weighted by molar-refractivity contribution is 8.00. The molecule has 6 heterocycles. The Balaban J connectivity index is 1.33. The van der Waals surface area contributed by atoms with E-state index in [1.54, 1.807) is 7.11 Å². The summed E-state index contributed by atoms with van der Waals surface area (Å²) in [4.78, 5) is 55.2. The Morgan fingerprint density at radius 1 is 0.956 bits per heavy atom. The topological polar surface area (TPSA) is 154 Å². The Hall–Kier alpha value is -4.08. The molecule has 14 heteroatoms. The molecule has 1 spiro atoms. The Morgan fingerprint density at radius 3 is 2.38 bits per heavy atom. The van der Waals surface area contributed by atoms with Crippen molar-refractivity contribution in [2.24, 2.45) is 11.3 Å². The van der Waals surface area contributed by atoms with E-state index in [0.29, 0.717) is 82.6 Å². The molecule has 370 valence electrons. The number of rotatable bonds is 13. The summed E-state index contributed by atoms with van der Waals surface area (Å²) in [5.41, 5.74) is -1.65. The molecule has 11 atom stereocenters. The van der Waals surface area contributed by atoms with Crippen molar-refractivity contribution < 1.29 is 43.5 Å². The SMILES string of the molecule is CCCCC(C)(CC)Sc1ccc2[nH]c3c(c2c1)CCN1C[C@H](C[C@@](O)(CC)C1)C[C@]3(C(=O)OC)c1cc2c(cc1OC)N(C)[C@H]1[C@@](O)(C(=O)OC)[C@H](OC(C)=O)[C@]3(CC)C=CCN4CC[C@]21[C@@H]43. The molecule has 3 aromatic rings. The van der Waals surface area contributed by atoms with Crippen molar-refractivity contribution in [3.05, 3.63) is 64.9 Å². The third-order valence-corrected chi connectivity index (χ3v) is 19.3. The molecule has 9 rings (SSSR count). The number of benzene rings is 2. The van der Waals surface area contributed by atoms with E-state index in [9.17, 15) is 19.8 Å². The molecule has 6 aliphatic rings. The van der Waals surface area contributed by atoms with Gasteiger partial charge in [0.05, 0.1) is 33.0 Å². The van der Waals surface area contributed by atoms with Crippen LogP contribution in [0.5, 0.6) is 5.75 Å². The fraction of sp³-hybridized carbons (Fsp3) is 0.648. The van der Waals surface area contributed by atoms with Crippen molar-refractivity contribution in [1.29, 1.82) is 0 Å². The number of esters is 3. The lowest BCUT2D eigenvalue weighted by Gasteiger charge is -2.63. The van der Waals surface area contributed by atoms with Gasteiger partial charge < -0.3 is 39.0 Å². The van der Waals surface area contributed by atoms with E-state index in [1.807, 2.05) is 43.6 Å². The summed E-state index contributed by atoms with van der Waals surface area (Å²) >= 11 is 1.93. The van der Waals surface area contributed by atoms with Crippen LogP contribution in [0.4, 0.5) is 5.69 Å². The molecule has 0 amide bonds. The van der Waals surface area contributed by atoms with Gasteiger partial charge in [-0.3, -0.25) is 19.4 Å². The number of aromatic nitrogens is 1. The van der Waals surface area contributed by atoms with Crippen LogP contribution >= 0.6 is 11.8 Å². The van der Waals surface area contributed by atoms with Crippen LogP contribution in [0.25, 0.3) is 10.9 Å². The minimum atomic E-state index is -2.31. The van der Waals surface area contributed by atoms with E-state index in [4.69, 9.17) is 18.9 Å². The number of H-pyrrole nitrogens is 1. The second-order valence-corrected chi connectivity index (χ2v) is 23.0. The highest BCUT2D eigenvalue weighted by Crippen LogP contribution is 2.68. The van der Waals surface area contributed by atoms with Gasteiger partial charge in [0, 0.05) is 101 Å². The molecule has 3 N–H and O–H groups in total. The third-order valence-electron chi connectivity index (χ3n) is 17.8. The number of carbonyl (C=O) groups excluding carboxylic acids is 3. The second-order valence-electron chi connectivity index (χ2n) is 21.4. The molecule has 2 bridgehead atoms. The van der Waals surface area contributed by atoms with Crippen molar-refractivity contribution >= 4 is 46.3 Å². The number of unbranched alkanes of at least 4 members (excludes halogenated alkanes) is 1. The van der Waals surface area contributed by atoms with Gasteiger partial charge in [-0.25, -0.2) is 4.79 Å². The lowest BCUT2D eigenvalue weighted by atomic mass is 9.47. The van der Waals surface area contributed by atoms with Crippen LogP contribution < -0.4 is 9.64 Å². The molecular weight excluding hydrogens is 881 g/mol. The maximum atomic E-state index is 15.7. The van der Waals surface area contributed by atoms with Crippen molar-refractivity contribution in [3.8, 4) is 5.75 Å². The van der Waals surface area contributed by atoms with Crippen LogP contribution in [0.2, 0.25) is 0 Å². The standard InChI is InChI=1S/C54H74N4O9S/c1-11-15-20-49(6,12-2)68-35-17-18-40-37(26-35)36-19-24-57-31-34(29-50(62,13-3)32-57)30-53(43(36)55-40,47(60)65-9)39-27-38-41(28-42(39)64-8)56(7)45-52(38)22-25-58-23-16-21-51(14-4,44(52)58)46(67-33(5)59)54(45,63)48(61)66-10/h16-18,21,26-28,34,44-46,55,62-63H,11-15,19-20,22-25,29-32H2,1-10H3/t34-,44+,45-,46-,49?,50+,51-,52-,53+,54+/m1/s1. The number of hydrogen-bond donors (Lipinski definition) is 3. The quantitative estimate of drug-likeness (QED) is 0.0674. The van der Waals surface area contributed by atoms with Crippen LogP contribution in [0.15, 0.2) is 47.4 Å². The zero-order valence-electron chi connectivity index (χ0n) is 42.0. The summed E-state index contributed by atoms with van der Waals surface area (Å²) in [7, 11) is 6.22. The number of carbonyl (C=O) groups is 3. The molecule has 5 aliphatic heterocycles. The summed E-state index contributed by atoms with van der Waals surface area (Å²) in [6, 6.07) is 9.52. The number of methoxy groups -OCH3 is 3. The lowest BCUT2D eigenvalue weighted by molar-refractivity contribution is -0.228. The number of hydrogen-bond acceptors (Lipinski definition) is 13. The maximum Gasteiger partial charge on any atom is 0.344 e. The first-order chi connectivity index (χ1) is 32.4. The molecule has 3 fully saturated rings. The summed E-state index contributed by atoms with van der Waals surface area (Å²) in [6.07, 6.45) is 10.4. The minimum Gasteiger partial charge on any atom is -0.496 e. The van der Waals surface area contributed by atoms with E-state index in [-0.39, 0.29) is 16.7 Å². The fourth-order valence-electron chi connectivity index (χ4n) is 14.7. The first kappa shape index (κ1) is 48.9.